The third-order valence-corrected chi connectivity index (χ3v) is 4.07. The second-order valence-electron chi connectivity index (χ2n) is 2.70. The summed E-state index contributed by atoms with van der Waals surface area (Å²) < 4.78 is 0. The molecule has 2 nitrogen and oxygen atoms in total. The number of hydrogen-bond acceptors (Lipinski definition) is 4. The molecule has 2 aromatic heterocycles. The van der Waals surface area contributed by atoms with Crippen LogP contribution in [-0.4, -0.2) is 11.3 Å². The van der Waals surface area contributed by atoms with Gasteiger partial charge in [0.05, 0.1) is 9.90 Å². The van der Waals surface area contributed by atoms with E-state index in [2.05, 4.69) is 4.98 Å². The zero-order chi connectivity index (χ0) is 10.7. The van der Waals surface area contributed by atoms with E-state index < -0.39 is 0 Å². The van der Waals surface area contributed by atoms with Gasteiger partial charge in [-0.15, -0.1) is 11.3 Å². The van der Waals surface area contributed by atoms with Crippen molar-refractivity contribution in [1.82, 2.24) is 4.98 Å². The number of carbonyl (C=O) groups excluding carboxylic acids is 1. The van der Waals surface area contributed by atoms with Crippen molar-refractivity contribution in [3.8, 4) is 0 Å². The molecule has 0 N–H and O–H groups in total. The van der Waals surface area contributed by atoms with Gasteiger partial charge in [-0.25, -0.2) is 4.98 Å². The first-order valence-electron chi connectivity index (χ1n) is 4.11. The molecule has 0 saturated heterocycles. The molecule has 0 bridgehead atoms. The summed E-state index contributed by atoms with van der Waals surface area (Å²) in [6.07, 6.45) is 2.54. The van der Waals surface area contributed by atoms with E-state index in [4.69, 9.17) is 11.6 Å². The van der Waals surface area contributed by atoms with Gasteiger partial charge in [0.1, 0.15) is 5.03 Å². The van der Waals surface area contributed by atoms with Crippen LogP contribution in [-0.2, 0) is 0 Å². The summed E-state index contributed by atoms with van der Waals surface area (Å²) in [5.41, 5.74) is 0. The van der Waals surface area contributed by atoms with Gasteiger partial charge >= 0.3 is 0 Å². The number of rotatable bonds is 3. The monoisotopic (exact) mass is 255 g/mol. The molecule has 0 radical (unpaired) electrons. The van der Waals surface area contributed by atoms with Crippen molar-refractivity contribution in [2.24, 2.45) is 0 Å². The van der Waals surface area contributed by atoms with Gasteiger partial charge in [-0.05, 0) is 18.2 Å². The number of pyridine rings is 1. The molecule has 15 heavy (non-hydrogen) atoms. The summed E-state index contributed by atoms with van der Waals surface area (Å²) in [6, 6.07) is 5.41. The van der Waals surface area contributed by atoms with Crippen LogP contribution in [0.1, 0.15) is 9.67 Å². The minimum absolute atomic E-state index is 0.626. The van der Waals surface area contributed by atoms with Crippen molar-refractivity contribution in [1.29, 1.82) is 0 Å². The zero-order valence-corrected chi connectivity index (χ0v) is 9.90. The van der Waals surface area contributed by atoms with Crippen LogP contribution in [0.2, 0.25) is 5.02 Å². The molecule has 0 aliphatic heterocycles. The van der Waals surface area contributed by atoms with Crippen LogP contribution in [0.25, 0.3) is 0 Å². The molecule has 0 aliphatic carbocycles. The minimum atomic E-state index is 0.626. The number of halogens is 1. The topological polar surface area (TPSA) is 30.0 Å². The Morgan fingerprint density at radius 1 is 1.53 bits per heavy atom. The highest BCUT2D eigenvalue weighted by Gasteiger charge is 2.05. The Morgan fingerprint density at radius 2 is 2.40 bits per heavy atom. The summed E-state index contributed by atoms with van der Waals surface area (Å²) in [5.74, 6) is 0. The maximum Gasteiger partial charge on any atom is 0.160 e. The van der Waals surface area contributed by atoms with Gasteiger partial charge in [-0.3, -0.25) is 4.79 Å². The normalized spacial score (nSPS) is 10.2. The number of aromatic nitrogens is 1. The minimum Gasteiger partial charge on any atom is -0.297 e. The van der Waals surface area contributed by atoms with Crippen LogP contribution in [0.4, 0.5) is 0 Å². The van der Waals surface area contributed by atoms with Crippen LogP contribution in [0.15, 0.2) is 39.7 Å². The first-order chi connectivity index (χ1) is 7.29. The molecule has 76 valence electrons. The van der Waals surface area contributed by atoms with E-state index in [9.17, 15) is 4.79 Å². The number of carbonyl (C=O) groups is 1. The summed E-state index contributed by atoms with van der Waals surface area (Å²) in [4.78, 5) is 16.4. The molecule has 2 heterocycles. The molecule has 0 aromatic carbocycles. The average Bonchev–Trinajstić information content (AvgIpc) is 2.69. The maximum atomic E-state index is 10.5. The van der Waals surface area contributed by atoms with E-state index in [1.165, 1.54) is 23.1 Å². The fourth-order valence-corrected chi connectivity index (χ4v) is 2.92. The molecule has 0 fully saturated rings. The summed E-state index contributed by atoms with van der Waals surface area (Å²) in [7, 11) is 0. The Labute approximate surface area is 100 Å². The smallest absolute Gasteiger partial charge is 0.160 e. The first-order valence-corrected chi connectivity index (χ1v) is 6.19. The lowest BCUT2D eigenvalue weighted by molar-refractivity contribution is 0.112. The standard InChI is InChI=1S/C10H6ClNOS2/c11-9-2-1-3-12-10(9)15-8-4-7(5-13)14-6-8/h1-6H. The summed E-state index contributed by atoms with van der Waals surface area (Å²) in [6.45, 7) is 0. The highest BCUT2D eigenvalue weighted by Crippen LogP contribution is 2.33. The summed E-state index contributed by atoms with van der Waals surface area (Å²) in [5, 5.41) is 3.30. The third-order valence-electron chi connectivity index (χ3n) is 1.65. The lowest BCUT2D eigenvalue weighted by atomic mass is 10.5. The van der Waals surface area contributed by atoms with Gasteiger partial charge < -0.3 is 0 Å². The highest BCUT2D eigenvalue weighted by molar-refractivity contribution is 7.99. The van der Waals surface area contributed by atoms with Crippen molar-refractivity contribution < 1.29 is 4.79 Å². The molecule has 2 rings (SSSR count). The fraction of sp³-hybridized carbons (Fsp3) is 0. The number of aldehydes is 1. The molecule has 0 atom stereocenters. The van der Waals surface area contributed by atoms with E-state index in [0.29, 0.717) is 9.90 Å². The van der Waals surface area contributed by atoms with Crippen LogP contribution in [0, 0.1) is 0 Å². The van der Waals surface area contributed by atoms with Gasteiger partial charge in [0.15, 0.2) is 6.29 Å². The van der Waals surface area contributed by atoms with Gasteiger partial charge in [0.2, 0.25) is 0 Å². The fourth-order valence-electron chi connectivity index (χ4n) is 1.01. The zero-order valence-electron chi connectivity index (χ0n) is 7.51. The summed E-state index contributed by atoms with van der Waals surface area (Å²) >= 11 is 8.84. The largest absolute Gasteiger partial charge is 0.297 e. The predicted molar refractivity (Wildman–Crippen MR) is 63.1 cm³/mol. The third kappa shape index (κ3) is 2.59. The van der Waals surface area contributed by atoms with Crippen molar-refractivity contribution in [3.63, 3.8) is 0 Å². The van der Waals surface area contributed by atoms with Gasteiger partial charge in [0, 0.05) is 16.5 Å². The molecule has 5 heteroatoms. The van der Waals surface area contributed by atoms with Crippen LogP contribution < -0.4 is 0 Å². The molecule has 2 aromatic rings. The van der Waals surface area contributed by atoms with Crippen LogP contribution in [0.5, 0.6) is 0 Å². The average molecular weight is 256 g/mol. The quantitative estimate of drug-likeness (QED) is 0.783. The van der Waals surface area contributed by atoms with Crippen molar-refractivity contribution in [2.45, 2.75) is 9.92 Å². The first kappa shape index (κ1) is 10.7. The lowest BCUT2D eigenvalue weighted by Crippen LogP contribution is -1.78. The van der Waals surface area contributed by atoms with Gasteiger partial charge in [-0.2, -0.15) is 0 Å². The number of thiophene rings is 1. The second-order valence-corrected chi connectivity index (χ2v) is 5.11. The SMILES string of the molecule is O=Cc1cc(Sc2ncccc2Cl)cs1. The van der Waals surface area contributed by atoms with E-state index in [1.807, 2.05) is 11.4 Å². The molecule has 0 saturated carbocycles. The van der Waals surface area contributed by atoms with Crippen LogP contribution in [0.3, 0.4) is 0 Å². The van der Waals surface area contributed by atoms with Crippen molar-refractivity contribution >= 4 is 41.0 Å². The van der Waals surface area contributed by atoms with E-state index in [1.54, 1.807) is 18.3 Å². The van der Waals surface area contributed by atoms with Gasteiger partial charge in [-0.1, -0.05) is 23.4 Å². The van der Waals surface area contributed by atoms with E-state index in [0.717, 1.165) is 16.2 Å². The molecule has 0 spiro atoms. The number of nitrogens with zero attached hydrogens (tertiary/aromatic N) is 1. The van der Waals surface area contributed by atoms with E-state index >= 15 is 0 Å². The Bertz CT molecular complexity index is 484. The molecule has 0 aliphatic rings. The predicted octanol–water partition coefficient (Wildman–Crippen LogP) is 3.76. The maximum absolute atomic E-state index is 10.5. The number of hydrogen-bond donors (Lipinski definition) is 0. The molecular weight excluding hydrogens is 250 g/mol. The molecule has 0 unspecified atom stereocenters. The van der Waals surface area contributed by atoms with Crippen molar-refractivity contribution in [2.75, 3.05) is 0 Å². The Kier molecular flexibility index (Phi) is 3.41. The van der Waals surface area contributed by atoms with Crippen molar-refractivity contribution in [3.05, 3.63) is 39.7 Å². The van der Waals surface area contributed by atoms with Crippen LogP contribution >= 0.6 is 34.7 Å². The molecule has 0 amide bonds. The Morgan fingerprint density at radius 3 is 3.07 bits per heavy atom. The molecular formula is C10H6ClNOS2. The second kappa shape index (κ2) is 4.79. The Balaban J connectivity index is 2.22. The van der Waals surface area contributed by atoms with E-state index in [-0.39, 0.29) is 0 Å². The Hall–Kier alpha value is -0.840. The highest BCUT2D eigenvalue weighted by atomic mass is 35.5. The van der Waals surface area contributed by atoms with Gasteiger partial charge in [0.25, 0.3) is 0 Å². The lowest BCUT2D eigenvalue weighted by Gasteiger charge is -1.98.